The quantitative estimate of drug-likeness (QED) is 0.694. The number of aliphatic carboxylic acids is 1. The van der Waals surface area contributed by atoms with E-state index in [1.807, 2.05) is 0 Å². The number of rotatable bonds is 2. The van der Waals surface area contributed by atoms with Crippen LogP contribution in [0, 0.1) is 11.6 Å². The summed E-state index contributed by atoms with van der Waals surface area (Å²) in [5, 5.41) is 19.0. The SMILES string of the molecule is O=C([O-])[C@H](O)c1cc(F)cc(F)c1. The van der Waals surface area contributed by atoms with Crippen LogP contribution >= 0.6 is 0 Å². The largest absolute Gasteiger partial charge is 0.547 e. The number of carboxylic acids is 1. The summed E-state index contributed by atoms with van der Waals surface area (Å²) >= 11 is 0. The maximum atomic E-state index is 12.5. The van der Waals surface area contributed by atoms with Crippen LogP contribution in [0.5, 0.6) is 0 Å². The Balaban J connectivity index is 3.07. The van der Waals surface area contributed by atoms with E-state index in [9.17, 15) is 18.7 Å². The molecule has 0 aliphatic rings. The Bertz CT molecular complexity index is 318. The summed E-state index contributed by atoms with van der Waals surface area (Å²) in [6.45, 7) is 0. The first-order valence-electron chi connectivity index (χ1n) is 3.35. The standard InChI is InChI=1S/C8H6F2O3/c9-5-1-4(2-6(10)3-5)7(11)8(12)13/h1-3,7,11H,(H,12,13)/p-1/t7-/m1/s1. The highest BCUT2D eigenvalue weighted by Crippen LogP contribution is 2.15. The lowest BCUT2D eigenvalue weighted by Gasteiger charge is -2.11. The van der Waals surface area contributed by atoms with Crippen LogP contribution in [0.4, 0.5) is 8.78 Å². The minimum absolute atomic E-state index is 0.377. The predicted octanol–water partition coefficient (Wildman–Crippen LogP) is -0.252. The van der Waals surface area contributed by atoms with Gasteiger partial charge in [-0.1, -0.05) is 0 Å². The molecule has 70 valence electrons. The van der Waals surface area contributed by atoms with Gasteiger partial charge < -0.3 is 15.0 Å². The fourth-order valence-corrected chi connectivity index (χ4v) is 0.869. The van der Waals surface area contributed by atoms with Gasteiger partial charge in [-0.3, -0.25) is 0 Å². The Morgan fingerprint density at radius 1 is 1.31 bits per heavy atom. The van der Waals surface area contributed by atoms with Crippen molar-refractivity contribution in [2.45, 2.75) is 6.10 Å². The van der Waals surface area contributed by atoms with Crippen molar-refractivity contribution in [3.8, 4) is 0 Å². The molecule has 0 unspecified atom stereocenters. The average Bonchev–Trinajstić information content (AvgIpc) is 2.01. The lowest BCUT2D eigenvalue weighted by molar-refractivity contribution is -0.315. The Kier molecular flexibility index (Phi) is 2.57. The van der Waals surface area contributed by atoms with Crippen molar-refractivity contribution in [2.24, 2.45) is 0 Å². The van der Waals surface area contributed by atoms with E-state index in [-0.39, 0.29) is 5.56 Å². The topological polar surface area (TPSA) is 60.4 Å². The van der Waals surface area contributed by atoms with Gasteiger partial charge in [0.15, 0.2) is 0 Å². The highest BCUT2D eigenvalue weighted by atomic mass is 19.1. The monoisotopic (exact) mass is 187 g/mol. The number of carbonyl (C=O) groups is 1. The van der Waals surface area contributed by atoms with Crippen LogP contribution in [0.25, 0.3) is 0 Å². The molecule has 0 aliphatic carbocycles. The predicted molar refractivity (Wildman–Crippen MR) is 36.3 cm³/mol. The number of carbonyl (C=O) groups excluding carboxylic acids is 1. The fourth-order valence-electron chi connectivity index (χ4n) is 0.869. The van der Waals surface area contributed by atoms with Crippen LogP contribution in [0.2, 0.25) is 0 Å². The molecule has 0 fully saturated rings. The summed E-state index contributed by atoms with van der Waals surface area (Å²) in [4.78, 5) is 10.1. The van der Waals surface area contributed by atoms with E-state index in [4.69, 9.17) is 5.11 Å². The molecular weight excluding hydrogens is 182 g/mol. The molecule has 1 aromatic rings. The van der Waals surface area contributed by atoms with E-state index in [0.717, 1.165) is 12.1 Å². The molecule has 13 heavy (non-hydrogen) atoms. The second kappa shape index (κ2) is 3.49. The molecule has 1 atom stereocenters. The molecule has 0 radical (unpaired) electrons. The normalized spacial score (nSPS) is 12.5. The summed E-state index contributed by atoms with van der Waals surface area (Å²) in [5.74, 6) is -3.70. The van der Waals surface area contributed by atoms with E-state index >= 15 is 0 Å². The van der Waals surface area contributed by atoms with Gasteiger partial charge in [-0.25, -0.2) is 8.78 Å². The summed E-state index contributed by atoms with van der Waals surface area (Å²) in [6.07, 6.45) is -2.01. The second-order valence-corrected chi connectivity index (χ2v) is 2.42. The first-order valence-corrected chi connectivity index (χ1v) is 3.35. The molecule has 5 heteroatoms. The third-order valence-corrected chi connectivity index (χ3v) is 1.42. The summed E-state index contributed by atoms with van der Waals surface area (Å²) in [7, 11) is 0. The summed E-state index contributed by atoms with van der Waals surface area (Å²) < 4.78 is 25.0. The van der Waals surface area contributed by atoms with Gasteiger partial charge >= 0.3 is 0 Å². The number of hydrogen-bond acceptors (Lipinski definition) is 3. The van der Waals surface area contributed by atoms with Crippen molar-refractivity contribution >= 4 is 5.97 Å². The Hall–Kier alpha value is -1.49. The van der Waals surface area contributed by atoms with Gasteiger partial charge in [0.2, 0.25) is 0 Å². The van der Waals surface area contributed by atoms with Gasteiger partial charge in [-0.15, -0.1) is 0 Å². The third-order valence-electron chi connectivity index (χ3n) is 1.42. The number of aliphatic hydroxyl groups is 1. The fraction of sp³-hybridized carbons (Fsp3) is 0.125. The maximum Gasteiger partial charge on any atom is 0.126 e. The first kappa shape index (κ1) is 9.60. The Morgan fingerprint density at radius 2 is 1.77 bits per heavy atom. The van der Waals surface area contributed by atoms with Crippen LogP contribution in [-0.2, 0) is 4.79 Å². The molecule has 0 aromatic heterocycles. The first-order chi connectivity index (χ1) is 6.00. The van der Waals surface area contributed by atoms with Crippen molar-refractivity contribution in [1.29, 1.82) is 0 Å². The zero-order valence-electron chi connectivity index (χ0n) is 6.33. The van der Waals surface area contributed by atoms with Gasteiger partial charge in [0.05, 0.1) is 5.97 Å². The number of hydrogen-bond donors (Lipinski definition) is 1. The van der Waals surface area contributed by atoms with Gasteiger partial charge in [0.1, 0.15) is 17.7 Å². The molecular formula is C8H5F2O3-. The number of benzene rings is 1. The molecule has 1 N–H and O–H groups in total. The second-order valence-electron chi connectivity index (χ2n) is 2.42. The molecule has 0 saturated heterocycles. The maximum absolute atomic E-state index is 12.5. The minimum Gasteiger partial charge on any atom is -0.547 e. The van der Waals surface area contributed by atoms with E-state index in [2.05, 4.69) is 0 Å². The summed E-state index contributed by atoms with van der Waals surface area (Å²) in [5.41, 5.74) is -0.377. The van der Waals surface area contributed by atoms with Gasteiger partial charge in [0.25, 0.3) is 0 Å². The lowest BCUT2D eigenvalue weighted by atomic mass is 10.1. The van der Waals surface area contributed by atoms with E-state index in [0.29, 0.717) is 6.07 Å². The summed E-state index contributed by atoms with van der Waals surface area (Å²) in [6, 6.07) is 2.03. The van der Waals surface area contributed by atoms with E-state index in [1.165, 1.54) is 0 Å². The van der Waals surface area contributed by atoms with Crippen LogP contribution in [0.15, 0.2) is 18.2 Å². The molecule has 1 rings (SSSR count). The highest BCUT2D eigenvalue weighted by molar-refractivity contribution is 5.71. The van der Waals surface area contributed by atoms with Crippen molar-refractivity contribution < 1.29 is 23.8 Å². The zero-order chi connectivity index (χ0) is 10.0. The molecule has 0 saturated carbocycles. The Labute approximate surface area is 72.2 Å². The zero-order valence-corrected chi connectivity index (χ0v) is 6.33. The smallest absolute Gasteiger partial charge is 0.126 e. The third kappa shape index (κ3) is 2.22. The minimum atomic E-state index is -2.01. The molecule has 0 aliphatic heterocycles. The van der Waals surface area contributed by atoms with Gasteiger partial charge in [0, 0.05) is 6.07 Å². The van der Waals surface area contributed by atoms with Crippen molar-refractivity contribution in [1.82, 2.24) is 0 Å². The van der Waals surface area contributed by atoms with Gasteiger partial charge in [-0.05, 0) is 17.7 Å². The molecule has 3 nitrogen and oxygen atoms in total. The van der Waals surface area contributed by atoms with Crippen molar-refractivity contribution in [2.75, 3.05) is 0 Å². The molecule has 0 spiro atoms. The van der Waals surface area contributed by atoms with Crippen LogP contribution in [0.3, 0.4) is 0 Å². The average molecular weight is 187 g/mol. The van der Waals surface area contributed by atoms with Crippen LogP contribution in [-0.4, -0.2) is 11.1 Å². The van der Waals surface area contributed by atoms with Crippen LogP contribution < -0.4 is 5.11 Å². The lowest BCUT2D eigenvalue weighted by Crippen LogP contribution is -2.29. The molecule has 0 bridgehead atoms. The van der Waals surface area contributed by atoms with Crippen LogP contribution in [0.1, 0.15) is 11.7 Å². The molecule has 1 aromatic carbocycles. The molecule has 0 heterocycles. The Morgan fingerprint density at radius 3 is 2.15 bits per heavy atom. The highest BCUT2D eigenvalue weighted by Gasteiger charge is 2.10. The molecule has 0 amide bonds. The number of carboxylic acid groups (broad SMARTS) is 1. The van der Waals surface area contributed by atoms with Crippen molar-refractivity contribution in [3.63, 3.8) is 0 Å². The van der Waals surface area contributed by atoms with Gasteiger partial charge in [-0.2, -0.15) is 0 Å². The number of halogens is 2. The van der Waals surface area contributed by atoms with Crippen molar-refractivity contribution in [3.05, 3.63) is 35.4 Å². The van der Waals surface area contributed by atoms with E-state index in [1.54, 1.807) is 0 Å². The van der Waals surface area contributed by atoms with E-state index < -0.39 is 23.7 Å². The number of aliphatic hydroxyl groups excluding tert-OH is 1.